The van der Waals surface area contributed by atoms with E-state index >= 15 is 0 Å². The number of nitrogens with two attached hydrogens (primary N) is 1. The zero-order valence-electron chi connectivity index (χ0n) is 8.21. The number of nitrogen functional groups attached to an aromatic ring is 1. The van der Waals surface area contributed by atoms with Gasteiger partial charge in [0.05, 0.1) is 11.9 Å². The summed E-state index contributed by atoms with van der Waals surface area (Å²) in [4.78, 5) is 7.71. The number of nitrogens with one attached hydrogen (secondary N) is 1. The van der Waals surface area contributed by atoms with Gasteiger partial charge in [-0.1, -0.05) is 11.6 Å². The first-order valence-corrected chi connectivity index (χ1v) is 4.62. The molecular weight excluding hydrogens is 200 g/mol. The van der Waals surface area contributed by atoms with Crippen molar-refractivity contribution < 1.29 is 0 Å². The van der Waals surface area contributed by atoms with Crippen LogP contribution in [0.15, 0.2) is 17.8 Å². The van der Waals surface area contributed by atoms with E-state index in [1.54, 1.807) is 0 Å². The maximum atomic E-state index is 5.64. The molecule has 0 aliphatic rings. The summed E-state index contributed by atoms with van der Waals surface area (Å²) in [6.07, 6.45) is 3.52. The van der Waals surface area contributed by atoms with E-state index in [0.29, 0.717) is 18.1 Å². The molecule has 0 bridgehead atoms. The minimum atomic E-state index is 0.193. The second-order valence-corrected chi connectivity index (χ2v) is 3.44. The lowest BCUT2D eigenvalue weighted by atomic mass is 10.3. The smallest absolute Gasteiger partial charge is 0.224 e. The van der Waals surface area contributed by atoms with Crippen molar-refractivity contribution in [1.29, 1.82) is 0 Å². The summed E-state index contributed by atoms with van der Waals surface area (Å²) in [5.74, 6) is 0.572. The van der Waals surface area contributed by atoms with Crippen LogP contribution in [-0.4, -0.2) is 16.5 Å². The van der Waals surface area contributed by atoms with Crippen LogP contribution in [-0.2, 0) is 0 Å². The molecule has 14 heavy (non-hydrogen) atoms. The first kappa shape index (κ1) is 10.8. The number of hydrogen-bond acceptors (Lipinski definition) is 4. The Morgan fingerprint density at radius 2 is 2.36 bits per heavy atom. The topological polar surface area (TPSA) is 63.8 Å². The van der Waals surface area contributed by atoms with E-state index in [2.05, 4.69) is 15.3 Å². The van der Waals surface area contributed by atoms with Crippen LogP contribution < -0.4 is 11.1 Å². The maximum absolute atomic E-state index is 5.64. The monoisotopic (exact) mass is 212 g/mol. The molecule has 0 radical (unpaired) electrons. The quantitative estimate of drug-likeness (QED) is 0.595. The normalized spacial score (nSPS) is 9.64. The standard InChI is InChI=1S/C9H13ClN4/c1-6(2)3-4-12-8-7(11)5-13-9(10)14-8/h3,5H,4,11H2,1-2H3,(H,12,13,14). The van der Waals surface area contributed by atoms with E-state index < -0.39 is 0 Å². The van der Waals surface area contributed by atoms with Gasteiger partial charge in [0, 0.05) is 6.54 Å². The lowest BCUT2D eigenvalue weighted by molar-refractivity contribution is 1.14. The SMILES string of the molecule is CC(C)=CCNc1nc(Cl)ncc1N. The summed E-state index contributed by atoms with van der Waals surface area (Å²) >= 11 is 5.63. The molecule has 4 nitrogen and oxygen atoms in total. The average molecular weight is 213 g/mol. The molecule has 0 saturated heterocycles. The summed E-state index contributed by atoms with van der Waals surface area (Å²) in [6, 6.07) is 0. The van der Waals surface area contributed by atoms with Gasteiger partial charge in [-0.05, 0) is 25.4 Å². The lowest BCUT2D eigenvalue weighted by Crippen LogP contribution is -2.05. The number of halogens is 1. The van der Waals surface area contributed by atoms with Crippen molar-refractivity contribution in [3.8, 4) is 0 Å². The molecule has 0 unspecified atom stereocenters. The number of anilines is 2. The predicted molar refractivity (Wildman–Crippen MR) is 59.4 cm³/mol. The molecule has 0 amide bonds. The van der Waals surface area contributed by atoms with E-state index in [1.165, 1.54) is 11.8 Å². The second kappa shape index (κ2) is 4.81. The summed E-state index contributed by atoms with van der Waals surface area (Å²) in [5, 5.41) is 3.24. The van der Waals surface area contributed by atoms with Gasteiger partial charge in [0.1, 0.15) is 0 Å². The number of rotatable bonds is 3. The van der Waals surface area contributed by atoms with Crippen LogP contribution in [0.3, 0.4) is 0 Å². The van der Waals surface area contributed by atoms with Gasteiger partial charge in [0.25, 0.3) is 0 Å². The molecule has 5 heteroatoms. The highest BCUT2D eigenvalue weighted by Crippen LogP contribution is 2.15. The number of nitrogens with zero attached hydrogens (tertiary/aromatic N) is 2. The molecule has 76 valence electrons. The fraction of sp³-hybridized carbons (Fsp3) is 0.333. The van der Waals surface area contributed by atoms with Gasteiger partial charge >= 0.3 is 0 Å². The van der Waals surface area contributed by atoms with Crippen LogP contribution in [0.1, 0.15) is 13.8 Å². The van der Waals surface area contributed by atoms with Crippen molar-refractivity contribution in [2.24, 2.45) is 0 Å². The van der Waals surface area contributed by atoms with Crippen LogP contribution in [0.25, 0.3) is 0 Å². The van der Waals surface area contributed by atoms with Gasteiger partial charge in [-0.15, -0.1) is 0 Å². The van der Waals surface area contributed by atoms with E-state index in [-0.39, 0.29) is 5.28 Å². The fourth-order valence-corrected chi connectivity index (χ4v) is 0.996. The predicted octanol–water partition coefficient (Wildman–Crippen LogP) is 2.09. The van der Waals surface area contributed by atoms with Crippen molar-refractivity contribution in [3.05, 3.63) is 23.1 Å². The van der Waals surface area contributed by atoms with Gasteiger partial charge < -0.3 is 11.1 Å². The molecule has 0 aliphatic carbocycles. The van der Waals surface area contributed by atoms with Crippen molar-refractivity contribution in [2.75, 3.05) is 17.6 Å². The molecule has 0 saturated carbocycles. The van der Waals surface area contributed by atoms with Crippen LogP contribution in [0.2, 0.25) is 5.28 Å². The van der Waals surface area contributed by atoms with Gasteiger partial charge in [0.15, 0.2) is 5.82 Å². The Kier molecular flexibility index (Phi) is 3.71. The van der Waals surface area contributed by atoms with Gasteiger partial charge in [-0.25, -0.2) is 4.98 Å². The van der Waals surface area contributed by atoms with Crippen molar-refractivity contribution in [2.45, 2.75) is 13.8 Å². The van der Waals surface area contributed by atoms with Crippen LogP contribution in [0.4, 0.5) is 11.5 Å². The molecular formula is C9H13ClN4. The molecule has 0 spiro atoms. The summed E-state index contributed by atoms with van der Waals surface area (Å²) in [5.41, 5.74) is 7.37. The van der Waals surface area contributed by atoms with Crippen LogP contribution >= 0.6 is 11.6 Å². The highest BCUT2D eigenvalue weighted by atomic mass is 35.5. The van der Waals surface area contributed by atoms with E-state index in [1.807, 2.05) is 19.9 Å². The highest BCUT2D eigenvalue weighted by Gasteiger charge is 2.00. The number of allylic oxidation sites excluding steroid dienone is 1. The minimum absolute atomic E-state index is 0.193. The van der Waals surface area contributed by atoms with E-state index in [9.17, 15) is 0 Å². The Morgan fingerprint density at radius 3 is 3.00 bits per heavy atom. The Labute approximate surface area is 88.2 Å². The molecule has 1 rings (SSSR count). The van der Waals surface area contributed by atoms with E-state index in [4.69, 9.17) is 17.3 Å². The Hall–Kier alpha value is -1.29. The lowest BCUT2D eigenvalue weighted by Gasteiger charge is -2.05. The van der Waals surface area contributed by atoms with Crippen molar-refractivity contribution in [3.63, 3.8) is 0 Å². The van der Waals surface area contributed by atoms with Crippen molar-refractivity contribution >= 4 is 23.1 Å². The maximum Gasteiger partial charge on any atom is 0.224 e. The zero-order valence-corrected chi connectivity index (χ0v) is 8.97. The van der Waals surface area contributed by atoms with Gasteiger partial charge in [-0.2, -0.15) is 4.98 Å². The molecule has 0 aromatic carbocycles. The van der Waals surface area contributed by atoms with Crippen LogP contribution in [0, 0.1) is 0 Å². The van der Waals surface area contributed by atoms with Crippen LogP contribution in [0.5, 0.6) is 0 Å². The minimum Gasteiger partial charge on any atom is -0.394 e. The summed E-state index contributed by atoms with van der Waals surface area (Å²) < 4.78 is 0. The highest BCUT2D eigenvalue weighted by molar-refractivity contribution is 6.28. The molecule has 3 N–H and O–H groups in total. The fourth-order valence-electron chi connectivity index (χ4n) is 0.863. The number of aromatic nitrogens is 2. The molecule has 0 fully saturated rings. The Balaban J connectivity index is 2.67. The molecule has 1 aromatic heterocycles. The van der Waals surface area contributed by atoms with Crippen molar-refractivity contribution in [1.82, 2.24) is 9.97 Å². The number of hydrogen-bond donors (Lipinski definition) is 2. The third-order valence-corrected chi connectivity index (χ3v) is 1.75. The molecule has 1 heterocycles. The van der Waals surface area contributed by atoms with Gasteiger partial charge in [0.2, 0.25) is 5.28 Å². The first-order valence-electron chi connectivity index (χ1n) is 4.25. The molecule has 0 aliphatic heterocycles. The zero-order chi connectivity index (χ0) is 10.6. The third-order valence-electron chi connectivity index (χ3n) is 1.57. The molecule has 0 atom stereocenters. The third kappa shape index (κ3) is 3.22. The summed E-state index contributed by atoms with van der Waals surface area (Å²) in [7, 11) is 0. The molecule has 1 aromatic rings. The van der Waals surface area contributed by atoms with Gasteiger partial charge in [-0.3, -0.25) is 0 Å². The van der Waals surface area contributed by atoms with E-state index in [0.717, 1.165) is 0 Å². The average Bonchev–Trinajstić information content (AvgIpc) is 2.10. The Bertz CT molecular complexity index is 345. The first-order chi connectivity index (χ1) is 6.59. The largest absolute Gasteiger partial charge is 0.394 e. The Morgan fingerprint density at radius 1 is 1.64 bits per heavy atom. The summed E-state index contributed by atoms with van der Waals surface area (Å²) in [6.45, 7) is 4.73. The second-order valence-electron chi connectivity index (χ2n) is 3.11.